The number of hydrogen-bond acceptors (Lipinski definition) is 4. The van der Waals surface area contributed by atoms with Gasteiger partial charge >= 0.3 is 0 Å². The Morgan fingerprint density at radius 3 is 2.65 bits per heavy atom. The second-order valence-electron chi connectivity index (χ2n) is 5.03. The van der Waals surface area contributed by atoms with E-state index >= 15 is 0 Å². The van der Waals surface area contributed by atoms with Gasteiger partial charge in [0.25, 0.3) is 0 Å². The summed E-state index contributed by atoms with van der Waals surface area (Å²) in [4.78, 5) is 2.42. The summed E-state index contributed by atoms with van der Waals surface area (Å²) < 4.78 is 5.20. The Kier molecular flexibility index (Phi) is 7.41. The van der Waals surface area contributed by atoms with Crippen LogP contribution >= 0.6 is 0 Å². The van der Waals surface area contributed by atoms with E-state index in [-0.39, 0.29) is 6.04 Å². The molecule has 1 rings (SSSR count). The number of phenolic OH excluding ortho intramolecular Hbond substituents is 1. The number of hydrogen-bond donors (Lipinski definition) is 2. The van der Waals surface area contributed by atoms with Gasteiger partial charge in [-0.2, -0.15) is 0 Å². The Hall–Kier alpha value is -1.26. The smallest absolute Gasteiger partial charge is 0.120 e. The van der Waals surface area contributed by atoms with E-state index in [4.69, 9.17) is 4.74 Å². The molecule has 0 fully saturated rings. The van der Waals surface area contributed by atoms with Gasteiger partial charge in [0.05, 0.1) is 7.11 Å². The molecule has 0 amide bonds. The number of rotatable bonds is 9. The maximum atomic E-state index is 9.93. The van der Waals surface area contributed by atoms with Crippen LogP contribution in [0.25, 0.3) is 0 Å². The van der Waals surface area contributed by atoms with Crippen LogP contribution in [0.15, 0.2) is 18.2 Å². The van der Waals surface area contributed by atoms with Crippen LogP contribution in [0, 0.1) is 0 Å². The van der Waals surface area contributed by atoms with Gasteiger partial charge in [-0.15, -0.1) is 0 Å². The molecule has 1 atom stereocenters. The molecule has 0 saturated heterocycles. The lowest BCUT2D eigenvalue weighted by Crippen LogP contribution is -2.33. The highest BCUT2D eigenvalue weighted by Crippen LogP contribution is 2.28. The molecule has 0 aromatic heterocycles. The van der Waals surface area contributed by atoms with Gasteiger partial charge < -0.3 is 20.1 Å². The van der Waals surface area contributed by atoms with Gasteiger partial charge in [0, 0.05) is 24.7 Å². The van der Waals surface area contributed by atoms with Crippen molar-refractivity contribution in [1.82, 2.24) is 10.2 Å². The van der Waals surface area contributed by atoms with Crippen LogP contribution in [0.4, 0.5) is 0 Å². The second-order valence-corrected chi connectivity index (χ2v) is 5.03. The standard InChI is InChI=1S/C16H28N2O2/c1-5-10-18(6-2)11-9-17-13(3)15-12-14(20-4)7-8-16(15)19/h7-8,12-13,17,19H,5-6,9-11H2,1-4H3. The molecule has 2 N–H and O–H groups in total. The summed E-state index contributed by atoms with van der Waals surface area (Å²) in [6.45, 7) is 10.6. The van der Waals surface area contributed by atoms with Crippen molar-refractivity contribution in [1.29, 1.82) is 0 Å². The normalized spacial score (nSPS) is 12.7. The summed E-state index contributed by atoms with van der Waals surface area (Å²) in [5.74, 6) is 1.08. The summed E-state index contributed by atoms with van der Waals surface area (Å²) in [5.41, 5.74) is 0.878. The average Bonchev–Trinajstić information content (AvgIpc) is 2.46. The second kappa shape index (κ2) is 8.82. The van der Waals surface area contributed by atoms with Crippen LogP contribution < -0.4 is 10.1 Å². The largest absolute Gasteiger partial charge is 0.508 e. The number of methoxy groups -OCH3 is 1. The fourth-order valence-electron chi connectivity index (χ4n) is 2.30. The zero-order valence-corrected chi connectivity index (χ0v) is 13.1. The highest BCUT2D eigenvalue weighted by molar-refractivity contribution is 5.41. The van der Waals surface area contributed by atoms with Crippen molar-refractivity contribution in [2.24, 2.45) is 0 Å². The molecule has 0 spiro atoms. The van der Waals surface area contributed by atoms with Gasteiger partial charge in [-0.3, -0.25) is 0 Å². The number of phenols is 1. The number of aromatic hydroxyl groups is 1. The highest BCUT2D eigenvalue weighted by Gasteiger charge is 2.11. The minimum Gasteiger partial charge on any atom is -0.508 e. The third kappa shape index (κ3) is 5.02. The lowest BCUT2D eigenvalue weighted by Gasteiger charge is -2.22. The molecule has 1 aromatic rings. The minimum atomic E-state index is 0.102. The van der Waals surface area contributed by atoms with E-state index in [0.29, 0.717) is 5.75 Å². The number of ether oxygens (including phenoxy) is 1. The Balaban J connectivity index is 2.52. The molecule has 1 aromatic carbocycles. The molecular formula is C16H28N2O2. The Morgan fingerprint density at radius 2 is 2.05 bits per heavy atom. The van der Waals surface area contributed by atoms with E-state index in [1.54, 1.807) is 19.2 Å². The van der Waals surface area contributed by atoms with Gasteiger partial charge in [-0.1, -0.05) is 13.8 Å². The van der Waals surface area contributed by atoms with Crippen molar-refractivity contribution in [3.8, 4) is 11.5 Å². The van der Waals surface area contributed by atoms with Crippen molar-refractivity contribution < 1.29 is 9.84 Å². The van der Waals surface area contributed by atoms with Crippen LogP contribution in [0.5, 0.6) is 11.5 Å². The Labute approximate surface area is 122 Å². The van der Waals surface area contributed by atoms with Crippen LogP contribution in [0.3, 0.4) is 0 Å². The highest BCUT2D eigenvalue weighted by atomic mass is 16.5. The zero-order chi connectivity index (χ0) is 15.0. The Bertz CT molecular complexity index is 396. The first-order valence-electron chi connectivity index (χ1n) is 7.45. The van der Waals surface area contributed by atoms with Crippen LogP contribution in [-0.4, -0.2) is 43.3 Å². The Morgan fingerprint density at radius 1 is 1.30 bits per heavy atom. The van der Waals surface area contributed by atoms with Gasteiger partial charge in [0.15, 0.2) is 0 Å². The summed E-state index contributed by atoms with van der Waals surface area (Å²) in [7, 11) is 1.64. The first-order chi connectivity index (χ1) is 9.62. The molecule has 0 radical (unpaired) electrons. The number of nitrogens with zero attached hydrogens (tertiary/aromatic N) is 1. The van der Waals surface area contributed by atoms with Crippen LogP contribution in [0.1, 0.15) is 38.8 Å². The first kappa shape index (κ1) is 16.8. The van der Waals surface area contributed by atoms with Gasteiger partial charge in [-0.25, -0.2) is 0 Å². The zero-order valence-electron chi connectivity index (χ0n) is 13.1. The lowest BCUT2D eigenvalue weighted by atomic mass is 10.1. The molecule has 1 unspecified atom stereocenters. The summed E-state index contributed by atoms with van der Waals surface area (Å²) in [6, 6.07) is 5.44. The van der Waals surface area contributed by atoms with Crippen molar-refractivity contribution in [2.75, 3.05) is 33.3 Å². The summed E-state index contributed by atoms with van der Waals surface area (Å²) in [5, 5.41) is 13.4. The van der Waals surface area contributed by atoms with E-state index < -0.39 is 0 Å². The lowest BCUT2D eigenvalue weighted by molar-refractivity contribution is 0.283. The third-order valence-electron chi connectivity index (χ3n) is 3.57. The van der Waals surface area contributed by atoms with E-state index in [0.717, 1.165) is 37.5 Å². The van der Waals surface area contributed by atoms with Gasteiger partial charge in [-0.05, 0) is 44.6 Å². The van der Waals surface area contributed by atoms with E-state index in [1.807, 2.05) is 6.07 Å². The molecule has 0 aliphatic heterocycles. The van der Waals surface area contributed by atoms with Crippen molar-refractivity contribution >= 4 is 0 Å². The topological polar surface area (TPSA) is 44.7 Å². The molecule has 0 aliphatic rings. The third-order valence-corrected chi connectivity index (χ3v) is 3.57. The predicted molar refractivity (Wildman–Crippen MR) is 83.5 cm³/mol. The van der Waals surface area contributed by atoms with E-state index in [2.05, 4.69) is 31.0 Å². The maximum Gasteiger partial charge on any atom is 0.120 e. The molecule has 4 heteroatoms. The quantitative estimate of drug-likeness (QED) is 0.730. The molecule has 20 heavy (non-hydrogen) atoms. The van der Waals surface area contributed by atoms with Crippen LogP contribution in [0.2, 0.25) is 0 Å². The van der Waals surface area contributed by atoms with Crippen molar-refractivity contribution in [3.63, 3.8) is 0 Å². The molecule has 0 aliphatic carbocycles. The first-order valence-corrected chi connectivity index (χ1v) is 7.45. The number of nitrogens with one attached hydrogen (secondary N) is 1. The van der Waals surface area contributed by atoms with Crippen molar-refractivity contribution in [3.05, 3.63) is 23.8 Å². The summed E-state index contributed by atoms with van der Waals surface area (Å²) in [6.07, 6.45) is 1.18. The van der Waals surface area contributed by atoms with Crippen LogP contribution in [-0.2, 0) is 0 Å². The average molecular weight is 280 g/mol. The van der Waals surface area contributed by atoms with Crippen molar-refractivity contribution in [2.45, 2.75) is 33.2 Å². The van der Waals surface area contributed by atoms with Gasteiger partial charge in [0.2, 0.25) is 0 Å². The molecule has 0 saturated carbocycles. The number of benzene rings is 1. The van der Waals surface area contributed by atoms with Gasteiger partial charge in [0.1, 0.15) is 11.5 Å². The SMILES string of the molecule is CCCN(CC)CCNC(C)c1cc(OC)ccc1O. The van der Waals surface area contributed by atoms with E-state index in [1.165, 1.54) is 6.42 Å². The predicted octanol–water partition coefficient (Wildman–Crippen LogP) is 2.78. The fourth-order valence-corrected chi connectivity index (χ4v) is 2.30. The fraction of sp³-hybridized carbons (Fsp3) is 0.625. The van der Waals surface area contributed by atoms with E-state index in [9.17, 15) is 5.11 Å². The maximum absolute atomic E-state index is 9.93. The molecule has 0 bridgehead atoms. The molecule has 4 nitrogen and oxygen atoms in total. The molecule has 0 heterocycles. The number of likely N-dealkylation sites (N-methyl/N-ethyl adjacent to an activating group) is 1. The molecule has 114 valence electrons. The monoisotopic (exact) mass is 280 g/mol. The minimum absolute atomic E-state index is 0.102. The summed E-state index contributed by atoms with van der Waals surface area (Å²) >= 11 is 0. The molecular weight excluding hydrogens is 252 g/mol.